The van der Waals surface area contributed by atoms with Gasteiger partial charge in [0.05, 0.1) is 12.3 Å². The zero-order chi connectivity index (χ0) is 21.6. The van der Waals surface area contributed by atoms with Crippen molar-refractivity contribution in [1.82, 2.24) is 14.8 Å². The number of para-hydroxylation sites is 1. The maximum absolute atomic E-state index is 12.6. The van der Waals surface area contributed by atoms with Crippen molar-refractivity contribution < 1.29 is 9.21 Å². The third-order valence-electron chi connectivity index (χ3n) is 4.70. The van der Waals surface area contributed by atoms with Crippen molar-refractivity contribution in [3.8, 4) is 11.6 Å². The highest BCUT2D eigenvalue weighted by molar-refractivity contribution is 9.10. The molecule has 31 heavy (non-hydrogen) atoms. The van der Waals surface area contributed by atoms with Gasteiger partial charge in [0.15, 0.2) is 15.6 Å². The first-order valence-electron chi connectivity index (χ1n) is 9.87. The molecule has 0 spiro atoms. The van der Waals surface area contributed by atoms with Crippen molar-refractivity contribution in [3.63, 3.8) is 0 Å². The summed E-state index contributed by atoms with van der Waals surface area (Å²) in [5.41, 5.74) is 3.07. The van der Waals surface area contributed by atoms with Crippen molar-refractivity contribution in [2.75, 3.05) is 11.1 Å². The standard InChI is InChI=1S/C23H21BrN4O2S/c1-2-17-10-6-7-11-18(17)25-21(29)15-31-23-27-26-22(19-12-13-20(24)30-19)28(23)14-16-8-4-3-5-9-16/h3-13H,2,14-15H2,1H3,(H,25,29). The minimum Gasteiger partial charge on any atom is -0.446 e. The summed E-state index contributed by atoms with van der Waals surface area (Å²) in [5.74, 6) is 1.38. The Hall–Kier alpha value is -2.84. The number of hydrogen-bond acceptors (Lipinski definition) is 5. The first-order valence-corrected chi connectivity index (χ1v) is 11.6. The second-order valence-electron chi connectivity index (χ2n) is 6.83. The minimum atomic E-state index is -0.0811. The van der Waals surface area contributed by atoms with Gasteiger partial charge in [0.1, 0.15) is 0 Å². The lowest BCUT2D eigenvalue weighted by Crippen LogP contribution is -2.16. The van der Waals surface area contributed by atoms with E-state index in [-0.39, 0.29) is 11.7 Å². The van der Waals surface area contributed by atoms with E-state index >= 15 is 0 Å². The summed E-state index contributed by atoms with van der Waals surface area (Å²) in [6.45, 7) is 2.64. The molecule has 0 fully saturated rings. The number of furan rings is 1. The molecule has 0 aliphatic carbocycles. The molecule has 0 aliphatic rings. The Labute approximate surface area is 193 Å². The van der Waals surface area contributed by atoms with E-state index in [0.29, 0.717) is 28.0 Å². The van der Waals surface area contributed by atoms with E-state index < -0.39 is 0 Å². The molecule has 2 aromatic heterocycles. The molecule has 0 bridgehead atoms. The predicted octanol–water partition coefficient (Wildman–Crippen LogP) is 5.64. The third-order valence-corrected chi connectivity index (χ3v) is 6.09. The third kappa shape index (κ3) is 5.26. The van der Waals surface area contributed by atoms with Gasteiger partial charge in [-0.15, -0.1) is 10.2 Å². The van der Waals surface area contributed by atoms with E-state index in [1.165, 1.54) is 11.8 Å². The average Bonchev–Trinajstić information content (AvgIpc) is 3.39. The van der Waals surface area contributed by atoms with Crippen LogP contribution < -0.4 is 5.32 Å². The van der Waals surface area contributed by atoms with Crippen LogP contribution in [0.3, 0.4) is 0 Å². The molecule has 0 aliphatic heterocycles. The number of carbonyl (C=O) groups excluding carboxylic acids is 1. The van der Waals surface area contributed by atoms with Crippen LogP contribution in [0.2, 0.25) is 0 Å². The normalized spacial score (nSPS) is 10.9. The first-order chi connectivity index (χ1) is 15.1. The number of nitrogens with zero attached hydrogens (tertiary/aromatic N) is 3. The summed E-state index contributed by atoms with van der Waals surface area (Å²) in [4.78, 5) is 12.6. The van der Waals surface area contributed by atoms with Crippen LogP contribution in [-0.2, 0) is 17.8 Å². The molecule has 0 atom stereocenters. The molecule has 1 N–H and O–H groups in total. The van der Waals surface area contributed by atoms with Crippen LogP contribution in [-0.4, -0.2) is 26.4 Å². The van der Waals surface area contributed by atoms with Gasteiger partial charge in [-0.3, -0.25) is 9.36 Å². The highest BCUT2D eigenvalue weighted by atomic mass is 79.9. The number of amides is 1. The SMILES string of the molecule is CCc1ccccc1NC(=O)CSc1nnc(-c2ccc(Br)o2)n1Cc1ccccc1. The molecule has 1 amide bonds. The molecule has 4 rings (SSSR count). The monoisotopic (exact) mass is 496 g/mol. The molecule has 2 heterocycles. The predicted molar refractivity (Wildman–Crippen MR) is 126 cm³/mol. The molecule has 0 unspecified atom stereocenters. The average molecular weight is 497 g/mol. The summed E-state index contributed by atoms with van der Waals surface area (Å²) >= 11 is 4.69. The maximum Gasteiger partial charge on any atom is 0.234 e. The van der Waals surface area contributed by atoms with Gasteiger partial charge < -0.3 is 9.73 Å². The second-order valence-corrected chi connectivity index (χ2v) is 8.55. The summed E-state index contributed by atoms with van der Waals surface area (Å²) in [6, 6.07) is 21.6. The van der Waals surface area contributed by atoms with E-state index in [2.05, 4.69) is 38.4 Å². The summed E-state index contributed by atoms with van der Waals surface area (Å²) in [6.07, 6.45) is 0.858. The van der Waals surface area contributed by atoms with Crippen molar-refractivity contribution in [3.05, 3.63) is 82.5 Å². The van der Waals surface area contributed by atoms with Crippen LogP contribution in [0.1, 0.15) is 18.1 Å². The van der Waals surface area contributed by atoms with E-state index in [1.807, 2.05) is 71.3 Å². The summed E-state index contributed by atoms with van der Waals surface area (Å²) in [7, 11) is 0. The fraction of sp³-hybridized carbons (Fsp3) is 0.174. The molecule has 2 aromatic carbocycles. The quantitative estimate of drug-likeness (QED) is 0.319. The molecule has 4 aromatic rings. The molecule has 158 valence electrons. The molecule has 0 saturated carbocycles. The summed E-state index contributed by atoms with van der Waals surface area (Å²) in [5, 5.41) is 12.3. The van der Waals surface area contributed by atoms with Crippen LogP contribution in [0.25, 0.3) is 11.6 Å². The zero-order valence-corrected chi connectivity index (χ0v) is 19.3. The van der Waals surface area contributed by atoms with Crippen LogP contribution in [0.15, 0.2) is 81.0 Å². The molecule has 0 saturated heterocycles. The van der Waals surface area contributed by atoms with Gasteiger partial charge in [0.2, 0.25) is 11.7 Å². The number of aryl methyl sites for hydroxylation is 1. The maximum atomic E-state index is 12.6. The van der Waals surface area contributed by atoms with Crippen molar-refractivity contribution in [2.24, 2.45) is 0 Å². The Morgan fingerprint density at radius 2 is 1.84 bits per heavy atom. The van der Waals surface area contributed by atoms with Crippen LogP contribution in [0.5, 0.6) is 0 Å². The summed E-state index contributed by atoms with van der Waals surface area (Å²) < 4.78 is 8.29. The Morgan fingerprint density at radius 1 is 1.06 bits per heavy atom. The molecular weight excluding hydrogens is 476 g/mol. The fourth-order valence-electron chi connectivity index (χ4n) is 3.19. The highest BCUT2D eigenvalue weighted by Crippen LogP contribution is 2.28. The van der Waals surface area contributed by atoms with Gasteiger partial charge in [-0.2, -0.15) is 0 Å². The topological polar surface area (TPSA) is 73.0 Å². The van der Waals surface area contributed by atoms with Gasteiger partial charge in [-0.25, -0.2) is 0 Å². The number of thioether (sulfide) groups is 1. The van der Waals surface area contributed by atoms with E-state index in [1.54, 1.807) is 0 Å². The smallest absolute Gasteiger partial charge is 0.234 e. The Kier molecular flexibility index (Phi) is 6.89. The number of nitrogens with one attached hydrogen (secondary N) is 1. The van der Waals surface area contributed by atoms with Gasteiger partial charge in [-0.1, -0.05) is 67.2 Å². The number of halogens is 1. The lowest BCUT2D eigenvalue weighted by molar-refractivity contribution is -0.113. The Balaban J connectivity index is 1.53. The van der Waals surface area contributed by atoms with Crippen LogP contribution in [0.4, 0.5) is 5.69 Å². The Bertz CT molecular complexity index is 1170. The van der Waals surface area contributed by atoms with Crippen LogP contribution in [0, 0.1) is 0 Å². The number of benzene rings is 2. The number of hydrogen-bond donors (Lipinski definition) is 1. The van der Waals surface area contributed by atoms with Crippen molar-refractivity contribution >= 4 is 39.3 Å². The molecule has 8 heteroatoms. The molecule has 0 radical (unpaired) electrons. The van der Waals surface area contributed by atoms with Gasteiger partial charge in [0, 0.05) is 5.69 Å². The van der Waals surface area contributed by atoms with E-state index in [9.17, 15) is 4.79 Å². The fourth-order valence-corrected chi connectivity index (χ4v) is 4.23. The lowest BCUT2D eigenvalue weighted by atomic mass is 10.1. The van der Waals surface area contributed by atoms with Crippen molar-refractivity contribution in [1.29, 1.82) is 0 Å². The lowest BCUT2D eigenvalue weighted by Gasteiger charge is -2.11. The van der Waals surface area contributed by atoms with E-state index in [0.717, 1.165) is 23.2 Å². The number of anilines is 1. The van der Waals surface area contributed by atoms with Gasteiger partial charge >= 0.3 is 0 Å². The number of aromatic nitrogens is 3. The molecular formula is C23H21BrN4O2S. The zero-order valence-electron chi connectivity index (χ0n) is 16.9. The first kappa shape index (κ1) is 21.4. The second kappa shape index (κ2) is 9.98. The molecule has 6 nitrogen and oxygen atoms in total. The number of carbonyl (C=O) groups is 1. The Morgan fingerprint density at radius 3 is 2.58 bits per heavy atom. The highest BCUT2D eigenvalue weighted by Gasteiger charge is 2.18. The minimum absolute atomic E-state index is 0.0811. The van der Waals surface area contributed by atoms with Gasteiger partial charge in [-0.05, 0) is 51.7 Å². The van der Waals surface area contributed by atoms with Gasteiger partial charge in [0.25, 0.3) is 0 Å². The number of rotatable bonds is 8. The van der Waals surface area contributed by atoms with Crippen molar-refractivity contribution in [2.45, 2.75) is 25.0 Å². The largest absolute Gasteiger partial charge is 0.446 e. The van der Waals surface area contributed by atoms with Crippen LogP contribution >= 0.6 is 27.7 Å². The van der Waals surface area contributed by atoms with E-state index in [4.69, 9.17) is 4.42 Å².